The van der Waals surface area contributed by atoms with E-state index in [4.69, 9.17) is 10.5 Å². The highest BCUT2D eigenvalue weighted by Crippen LogP contribution is 2.22. The van der Waals surface area contributed by atoms with Crippen molar-refractivity contribution in [3.8, 4) is 0 Å². The van der Waals surface area contributed by atoms with Crippen LogP contribution in [0.5, 0.6) is 0 Å². The van der Waals surface area contributed by atoms with Gasteiger partial charge in [0.15, 0.2) is 0 Å². The Morgan fingerprint density at radius 2 is 2.00 bits per heavy atom. The summed E-state index contributed by atoms with van der Waals surface area (Å²) < 4.78 is 32.0. The Bertz CT molecular complexity index is 397. The minimum absolute atomic E-state index is 0.330. The predicted molar refractivity (Wildman–Crippen MR) is 68.4 cm³/mol. The standard InChI is InChI=1S/C14H21F2NO/c1-4-14(3,18-5-2)13(17)8-10-6-7-11(15)9-12(10)16/h6-7,9,13H,4-5,8,17H2,1-3H3. The summed E-state index contributed by atoms with van der Waals surface area (Å²) >= 11 is 0. The Labute approximate surface area is 107 Å². The average molecular weight is 257 g/mol. The van der Waals surface area contributed by atoms with E-state index in [2.05, 4.69) is 0 Å². The van der Waals surface area contributed by atoms with E-state index in [1.54, 1.807) is 0 Å². The maximum absolute atomic E-state index is 13.6. The second-order valence-corrected chi connectivity index (χ2v) is 4.65. The molecule has 0 aliphatic carbocycles. The van der Waals surface area contributed by atoms with Gasteiger partial charge in [-0.2, -0.15) is 0 Å². The molecule has 2 N–H and O–H groups in total. The zero-order valence-corrected chi connectivity index (χ0v) is 11.2. The van der Waals surface area contributed by atoms with Crippen molar-refractivity contribution in [2.75, 3.05) is 6.61 Å². The molecular formula is C14H21F2NO. The molecule has 0 radical (unpaired) electrons. The number of rotatable bonds is 6. The molecule has 0 spiro atoms. The normalized spacial score (nSPS) is 16.3. The summed E-state index contributed by atoms with van der Waals surface area (Å²) in [5.41, 5.74) is 6.03. The minimum Gasteiger partial charge on any atom is -0.374 e. The molecule has 2 unspecified atom stereocenters. The SMILES string of the molecule is CCOC(C)(CC)C(N)Cc1ccc(F)cc1F. The number of halogens is 2. The van der Waals surface area contributed by atoms with E-state index in [0.29, 0.717) is 18.6 Å². The van der Waals surface area contributed by atoms with Crippen LogP contribution in [0.15, 0.2) is 18.2 Å². The number of hydrogen-bond donors (Lipinski definition) is 1. The molecule has 1 aromatic rings. The van der Waals surface area contributed by atoms with Crippen molar-refractivity contribution in [2.24, 2.45) is 5.73 Å². The van der Waals surface area contributed by atoms with Gasteiger partial charge in [-0.05, 0) is 38.3 Å². The van der Waals surface area contributed by atoms with Crippen LogP contribution in [0.3, 0.4) is 0 Å². The van der Waals surface area contributed by atoms with Crippen LogP contribution in [0.1, 0.15) is 32.8 Å². The fourth-order valence-electron chi connectivity index (χ4n) is 1.94. The highest BCUT2D eigenvalue weighted by Gasteiger charge is 2.31. The number of ether oxygens (including phenoxy) is 1. The topological polar surface area (TPSA) is 35.2 Å². The van der Waals surface area contributed by atoms with E-state index < -0.39 is 17.2 Å². The first kappa shape index (κ1) is 15.1. The summed E-state index contributed by atoms with van der Waals surface area (Å²) in [7, 11) is 0. The molecule has 0 fully saturated rings. The van der Waals surface area contributed by atoms with Crippen LogP contribution in [-0.4, -0.2) is 18.2 Å². The largest absolute Gasteiger partial charge is 0.374 e. The molecule has 0 aliphatic rings. The van der Waals surface area contributed by atoms with Crippen molar-refractivity contribution in [2.45, 2.75) is 45.3 Å². The van der Waals surface area contributed by atoms with Gasteiger partial charge in [0, 0.05) is 18.7 Å². The van der Waals surface area contributed by atoms with Gasteiger partial charge in [0.2, 0.25) is 0 Å². The summed E-state index contributed by atoms with van der Waals surface area (Å²) in [4.78, 5) is 0. The predicted octanol–water partition coefficient (Wildman–Crippen LogP) is 3.04. The summed E-state index contributed by atoms with van der Waals surface area (Å²) in [5.74, 6) is -1.13. The number of hydrogen-bond acceptors (Lipinski definition) is 2. The van der Waals surface area contributed by atoms with Crippen LogP contribution in [0.25, 0.3) is 0 Å². The second kappa shape index (κ2) is 6.25. The summed E-state index contributed by atoms with van der Waals surface area (Å²) in [6, 6.07) is 3.23. The van der Waals surface area contributed by atoms with Crippen molar-refractivity contribution < 1.29 is 13.5 Å². The smallest absolute Gasteiger partial charge is 0.129 e. The molecule has 1 rings (SSSR count). The molecule has 0 heterocycles. The van der Waals surface area contributed by atoms with Crippen molar-refractivity contribution in [3.63, 3.8) is 0 Å². The highest BCUT2D eigenvalue weighted by molar-refractivity contribution is 5.20. The lowest BCUT2D eigenvalue weighted by atomic mass is 9.89. The zero-order valence-electron chi connectivity index (χ0n) is 11.2. The number of benzene rings is 1. The van der Waals surface area contributed by atoms with Crippen LogP contribution in [0.4, 0.5) is 8.78 Å². The fraction of sp³-hybridized carbons (Fsp3) is 0.571. The summed E-state index contributed by atoms with van der Waals surface area (Å²) in [5, 5.41) is 0. The molecule has 0 amide bonds. The van der Waals surface area contributed by atoms with Gasteiger partial charge in [-0.15, -0.1) is 0 Å². The van der Waals surface area contributed by atoms with Gasteiger partial charge in [0.1, 0.15) is 11.6 Å². The first-order chi connectivity index (χ1) is 8.42. The Balaban J connectivity index is 2.82. The lowest BCUT2D eigenvalue weighted by Crippen LogP contribution is -2.48. The van der Waals surface area contributed by atoms with E-state index in [-0.39, 0.29) is 6.04 Å². The number of nitrogens with two attached hydrogens (primary N) is 1. The highest BCUT2D eigenvalue weighted by atomic mass is 19.1. The van der Waals surface area contributed by atoms with Crippen molar-refractivity contribution in [1.82, 2.24) is 0 Å². The van der Waals surface area contributed by atoms with Gasteiger partial charge in [-0.3, -0.25) is 0 Å². The Morgan fingerprint density at radius 3 is 2.50 bits per heavy atom. The molecule has 2 nitrogen and oxygen atoms in total. The van der Waals surface area contributed by atoms with E-state index in [0.717, 1.165) is 12.5 Å². The maximum Gasteiger partial charge on any atom is 0.129 e. The molecule has 18 heavy (non-hydrogen) atoms. The van der Waals surface area contributed by atoms with Crippen LogP contribution >= 0.6 is 0 Å². The quantitative estimate of drug-likeness (QED) is 0.850. The van der Waals surface area contributed by atoms with E-state index in [1.165, 1.54) is 12.1 Å². The van der Waals surface area contributed by atoms with Gasteiger partial charge in [-0.25, -0.2) is 8.78 Å². The van der Waals surface area contributed by atoms with Crippen LogP contribution in [0.2, 0.25) is 0 Å². The van der Waals surface area contributed by atoms with Crippen molar-refractivity contribution >= 4 is 0 Å². The summed E-state index contributed by atoms with van der Waals surface area (Å²) in [6.45, 7) is 6.36. The lowest BCUT2D eigenvalue weighted by molar-refractivity contribution is -0.0462. The molecule has 0 aliphatic heterocycles. The molecule has 2 atom stereocenters. The van der Waals surface area contributed by atoms with Gasteiger partial charge < -0.3 is 10.5 Å². The van der Waals surface area contributed by atoms with E-state index >= 15 is 0 Å². The molecule has 4 heteroatoms. The van der Waals surface area contributed by atoms with Crippen molar-refractivity contribution in [3.05, 3.63) is 35.4 Å². The van der Waals surface area contributed by atoms with Gasteiger partial charge in [0.25, 0.3) is 0 Å². The molecule has 0 aromatic heterocycles. The Hall–Kier alpha value is -1.00. The molecule has 1 aromatic carbocycles. The Kier molecular flexibility index (Phi) is 5.23. The van der Waals surface area contributed by atoms with E-state index in [1.807, 2.05) is 20.8 Å². The van der Waals surface area contributed by atoms with Crippen LogP contribution < -0.4 is 5.73 Å². The minimum atomic E-state index is -0.576. The van der Waals surface area contributed by atoms with E-state index in [9.17, 15) is 8.78 Å². The Morgan fingerprint density at radius 1 is 1.33 bits per heavy atom. The molecular weight excluding hydrogens is 236 g/mol. The van der Waals surface area contributed by atoms with Gasteiger partial charge >= 0.3 is 0 Å². The maximum atomic E-state index is 13.6. The molecule has 0 saturated heterocycles. The third-order valence-electron chi connectivity index (χ3n) is 3.42. The average Bonchev–Trinajstić information content (AvgIpc) is 2.32. The van der Waals surface area contributed by atoms with Gasteiger partial charge in [0.05, 0.1) is 5.60 Å². The van der Waals surface area contributed by atoms with Crippen LogP contribution in [-0.2, 0) is 11.2 Å². The fourth-order valence-corrected chi connectivity index (χ4v) is 1.94. The summed E-state index contributed by atoms with van der Waals surface area (Å²) in [6.07, 6.45) is 1.07. The zero-order chi connectivity index (χ0) is 13.8. The third-order valence-corrected chi connectivity index (χ3v) is 3.42. The van der Waals surface area contributed by atoms with Crippen LogP contribution in [0, 0.1) is 11.6 Å². The lowest BCUT2D eigenvalue weighted by Gasteiger charge is -2.34. The first-order valence-corrected chi connectivity index (χ1v) is 6.26. The van der Waals surface area contributed by atoms with Crippen molar-refractivity contribution in [1.29, 1.82) is 0 Å². The monoisotopic (exact) mass is 257 g/mol. The van der Waals surface area contributed by atoms with Gasteiger partial charge in [-0.1, -0.05) is 13.0 Å². The first-order valence-electron chi connectivity index (χ1n) is 6.26. The molecule has 102 valence electrons. The second-order valence-electron chi connectivity index (χ2n) is 4.65. The molecule has 0 bridgehead atoms. The third kappa shape index (κ3) is 3.50. The molecule has 0 saturated carbocycles.